The van der Waals surface area contributed by atoms with E-state index in [1.165, 1.54) is 18.2 Å². The van der Waals surface area contributed by atoms with Crippen LogP contribution < -0.4 is 20.3 Å². The second-order valence-corrected chi connectivity index (χ2v) is 6.00. The Morgan fingerprint density at radius 2 is 1.81 bits per heavy atom. The molecule has 7 heteroatoms. The number of amides is 2. The Morgan fingerprint density at radius 3 is 2.54 bits per heavy atom. The summed E-state index contributed by atoms with van der Waals surface area (Å²) < 4.78 is 18.2. The van der Waals surface area contributed by atoms with Gasteiger partial charge in [-0.25, -0.2) is 4.39 Å². The van der Waals surface area contributed by atoms with Crippen molar-refractivity contribution in [1.82, 2.24) is 5.32 Å². The average Bonchev–Trinajstić information content (AvgIpc) is 2.60. The molecule has 0 saturated carbocycles. The molecular formula is C19H23FN3O3+. The molecule has 1 unspecified atom stereocenters. The van der Waals surface area contributed by atoms with Crippen molar-refractivity contribution in [3.8, 4) is 5.75 Å². The minimum absolute atomic E-state index is 0.100. The van der Waals surface area contributed by atoms with Gasteiger partial charge in [0.2, 0.25) is 0 Å². The Bertz CT molecular complexity index is 767. The van der Waals surface area contributed by atoms with Crippen LogP contribution in [-0.4, -0.2) is 39.1 Å². The number of carbonyl (C=O) groups is 2. The second kappa shape index (κ2) is 9.53. The van der Waals surface area contributed by atoms with Gasteiger partial charge in [-0.15, -0.1) is 0 Å². The number of nitrogens with one attached hydrogen (secondary N) is 3. The van der Waals surface area contributed by atoms with E-state index < -0.39 is 5.82 Å². The maximum Gasteiger partial charge on any atom is 0.279 e. The van der Waals surface area contributed by atoms with Crippen LogP contribution in [-0.2, 0) is 16.1 Å². The molecule has 0 heterocycles. The standard InChI is InChI=1S/C19H22FN3O3/c1-23(13-19(25)22-16-7-4-6-15(20)10-16)12-18(24)21-11-14-5-3-8-17(9-14)26-2/h3-10H,11-13H2,1-2H3,(H,21,24)(H,22,25)/p+1. The fourth-order valence-electron chi connectivity index (χ4n) is 2.43. The van der Waals surface area contributed by atoms with Gasteiger partial charge in [-0.2, -0.15) is 0 Å². The molecule has 2 amide bonds. The lowest BCUT2D eigenvalue weighted by molar-refractivity contribution is -0.862. The first-order valence-corrected chi connectivity index (χ1v) is 8.22. The third kappa shape index (κ3) is 6.52. The lowest BCUT2D eigenvalue weighted by Gasteiger charge is -2.14. The van der Waals surface area contributed by atoms with Crippen molar-refractivity contribution >= 4 is 17.5 Å². The Labute approximate surface area is 152 Å². The van der Waals surface area contributed by atoms with Crippen molar-refractivity contribution in [2.75, 3.05) is 32.6 Å². The Hall–Kier alpha value is -2.93. The molecule has 1 atom stereocenters. The number of likely N-dealkylation sites (N-methyl/N-ethyl adjacent to an activating group) is 1. The highest BCUT2D eigenvalue weighted by Gasteiger charge is 2.14. The normalized spacial score (nSPS) is 11.5. The highest BCUT2D eigenvalue weighted by Crippen LogP contribution is 2.12. The summed E-state index contributed by atoms with van der Waals surface area (Å²) >= 11 is 0. The van der Waals surface area contributed by atoms with Crippen LogP contribution in [0.3, 0.4) is 0 Å². The fourth-order valence-corrected chi connectivity index (χ4v) is 2.43. The van der Waals surface area contributed by atoms with E-state index in [0.717, 1.165) is 16.2 Å². The number of hydrogen-bond donors (Lipinski definition) is 3. The van der Waals surface area contributed by atoms with Gasteiger partial charge in [-0.3, -0.25) is 9.59 Å². The van der Waals surface area contributed by atoms with Crippen molar-refractivity contribution in [2.45, 2.75) is 6.54 Å². The third-order valence-corrected chi connectivity index (χ3v) is 3.66. The second-order valence-electron chi connectivity index (χ2n) is 6.00. The lowest BCUT2D eigenvalue weighted by Crippen LogP contribution is -3.11. The fraction of sp³-hybridized carbons (Fsp3) is 0.263. The molecule has 6 nitrogen and oxygen atoms in total. The molecule has 0 aliphatic carbocycles. The summed E-state index contributed by atoms with van der Waals surface area (Å²) in [7, 11) is 3.33. The summed E-state index contributed by atoms with van der Waals surface area (Å²) in [5.41, 5.74) is 1.32. The molecule has 0 bridgehead atoms. The van der Waals surface area contributed by atoms with Crippen molar-refractivity contribution in [2.24, 2.45) is 0 Å². The van der Waals surface area contributed by atoms with Crippen LogP contribution in [0.1, 0.15) is 5.56 Å². The van der Waals surface area contributed by atoms with Crippen LogP contribution in [0.25, 0.3) is 0 Å². The summed E-state index contributed by atoms with van der Waals surface area (Å²) in [6, 6.07) is 13.1. The van der Waals surface area contributed by atoms with E-state index in [2.05, 4.69) is 10.6 Å². The maximum atomic E-state index is 13.1. The summed E-state index contributed by atoms with van der Waals surface area (Å²) in [5, 5.41) is 5.43. The van der Waals surface area contributed by atoms with Crippen molar-refractivity contribution in [1.29, 1.82) is 0 Å². The molecule has 26 heavy (non-hydrogen) atoms. The van der Waals surface area contributed by atoms with E-state index in [0.29, 0.717) is 12.2 Å². The molecule has 138 valence electrons. The van der Waals surface area contributed by atoms with Crippen LogP contribution in [0.4, 0.5) is 10.1 Å². The van der Waals surface area contributed by atoms with E-state index in [9.17, 15) is 14.0 Å². The molecule has 0 aliphatic heterocycles. The number of benzene rings is 2. The zero-order valence-corrected chi connectivity index (χ0v) is 14.8. The number of halogens is 1. The zero-order chi connectivity index (χ0) is 18.9. The number of anilines is 1. The van der Waals surface area contributed by atoms with Gasteiger partial charge >= 0.3 is 0 Å². The largest absolute Gasteiger partial charge is 0.497 e. The molecular weight excluding hydrogens is 337 g/mol. The topological polar surface area (TPSA) is 71.9 Å². The minimum Gasteiger partial charge on any atom is -0.497 e. The van der Waals surface area contributed by atoms with Gasteiger partial charge in [-0.1, -0.05) is 18.2 Å². The molecule has 3 N–H and O–H groups in total. The predicted octanol–water partition coefficient (Wildman–Crippen LogP) is 0.604. The monoisotopic (exact) mass is 360 g/mol. The highest BCUT2D eigenvalue weighted by molar-refractivity contribution is 5.91. The van der Waals surface area contributed by atoms with Crippen LogP contribution in [0, 0.1) is 5.82 Å². The Morgan fingerprint density at radius 1 is 1.08 bits per heavy atom. The Kier molecular flexibility index (Phi) is 7.11. The summed E-state index contributed by atoms with van der Waals surface area (Å²) in [5.74, 6) is -0.133. The molecule has 0 spiro atoms. The highest BCUT2D eigenvalue weighted by atomic mass is 19.1. The third-order valence-electron chi connectivity index (χ3n) is 3.66. The van der Waals surface area contributed by atoms with Crippen LogP contribution in [0.5, 0.6) is 5.75 Å². The summed E-state index contributed by atoms with van der Waals surface area (Å²) in [6.07, 6.45) is 0. The molecule has 0 aliphatic rings. The zero-order valence-electron chi connectivity index (χ0n) is 14.8. The first-order valence-electron chi connectivity index (χ1n) is 8.22. The van der Waals surface area contributed by atoms with Crippen molar-refractivity contribution in [3.05, 3.63) is 59.9 Å². The van der Waals surface area contributed by atoms with Gasteiger partial charge in [0.15, 0.2) is 13.1 Å². The molecule has 2 aromatic rings. The molecule has 2 rings (SSSR count). The number of hydrogen-bond acceptors (Lipinski definition) is 3. The van der Waals surface area contributed by atoms with Gasteiger partial charge in [-0.05, 0) is 35.9 Å². The first kappa shape index (κ1) is 19.4. The predicted molar refractivity (Wildman–Crippen MR) is 96.5 cm³/mol. The first-order chi connectivity index (χ1) is 12.5. The number of quaternary nitrogens is 1. The number of methoxy groups -OCH3 is 1. The smallest absolute Gasteiger partial charge is 0.279 e. The van der Waals surface area contributed by atoms with Crippen molar-refractivity contribution < 1.29 is 23.6 Å². The molecule has 0 radical (unpaired) electrons. The van der Waals surface area contributed by atoms with Crippen LogP contribution in [0.15, 0.2) is 48.5 Å². The van der Waals surface area contributed by atoms with Gasteiger partial charge < -0.3 is 20.3 Å². The van der Waals surface area contributed by atoms with Crippen LogP contribution >= 0.6 is 0 Å². The Balaban J connectivity index is 1.74. The number of ether oxygens (including phenoxy) is 1. The molecule has 2 aromatic carbocycles. The maximum absolute atomic E-state index is 13.1. The van der Waals surface area contributed by atoms with E-state index in [4.69, 9.17) is 4.74 Å². The van der Waals surface area contributed by atoms with E-state index in [1.807, 2.05) is 24.3 Å². The number of rotatable bonds is 8. The van der Waals surface area contributed by atoms with Gasteiger partial charge in [0.1, 0.15) is 11.6 Å². The summed E-state index contributed by atoms with van der Waals surface area (Å²) in [6.45, 7) is 0.641. The van der Waals surface area contributed by atoms with Gasteiger partial charge in [0.25, 0.3) is 11.8 Å². The van der Waals surface area contributed by atoms with Crippen molar-refractivity contribution in [3.63, 3.8) is 0 Å². The van der Waals surface area contributed by atoms with Crippen LogP contribution in [0.2, 0.25) is 0 Å². The van der Waals surface area contributed by atoms with Gasteiger partial charge in [0, 0.05) is 12.2 Å². The lowest BCUT2D eigenvalue weighted by atomic mass is 10.2. The molecule has 0 fully saturated rings. The van der Waals surface area contributed by atoms with Gasteiger partial charge in [0.05, 0.1) is 14.2 Å². The minimum atomic E-state index is -0.416. The molecule has 0 aromatic heterocycles. The number of carbonyl (C=O) groups excluding carboxylic acids is 2. The van der Waals surface area contributed by atoms with E-state index in [1.54, 1.807) is 20.2 Å². The van der Waals surface area contributed by atoms with E-state index >= 15 is 0 Å². The quantitative estimate of drug-likeness (QED) is 0.646. The molecule has 0 saturated heterocycles. The summed E-state index contributed by atoms with van der Waals surface area (Å²) in [4.78, 5) is 24.7. The average molecular weight is 360 g/mol. The SMILES string of the molecule is COc1cccc(CNC(=O)C[NH+](C)CC(=O)Nc2cccc(F)c2)c1. The van der Waals surface area contributed by atoms with E-state index in [-0.39, 0.29) is 24.9 Å².